The van der Waals surface area contributed by atoms with Crippen molar-refractivity contribution < 1.29 is 0 Å². The Balaban J connectivity index is 2.11. The maximum absolute atomic E-state index is 6.16. The van der Waals surface area contributed by atoms with Crippen LogP contribution in [0.4, 0.5) is 5.95 Å². The Morgan fingerprint density at radius 1 is 0.952 bits per heavy atom. The summed E-state index contributed by atoms with van der Waals surface area (Å²) in [6, 6.07) is 20.5. The molecule has 21 heavy (non-hydrogen) atoms. The van der Waals surface area contributed by atoms with E-state index >= 15 is 0 Å². The molecule has 0 aliphatic heterocycles. The Labute approximate surface area is 130 Å². The second kappa shape index (κ2) is 4.60. The lowest BCUT2D eigenvalue weighted by atomic mass is 10.1. The maximum Gasteiger partial charge on any atom is 0.205 e. The van der Waals surface area contributed by atoms with Crippen LogP contribution in [-0.2, 0) is 0 Å². The molecular weight excluding hydrogens is 326 g/mol. The highest BCUT2D eigenvalue weighted by atomic mass is 79.9. The Bertz CT molecular complexity index is 967. The van der Waals surface area contributed by atoms with Crippen LogP contribution in [0.15, 0.2) is 65.1 Å². The average molecular weight is 338 g/mol. The van der Waals surface area contributed by atoms with Gasteiger partial charge in [0.15, 0.2) is 0 Å². The third kappa shape index (κ3) is 1.91. The summed E-state index contributed by atoms with van der Waals surface area (Å²) in [7, 11) is 0. The van der Waals surface area contributed by atoms with Crippen LogP contribution in [-0.4, -0.2) is 9.55 Å². The van der Waals surface area contributed by atoms with Crippen LogP contribution in [0.2, 0.25) is 0 Å². The van der Waals surface area contributed by atoms with Crippen LogP contribution in [0, 0.1) is 0 Å². The van der Waals surface area contributed by atoms with Gasteiger partial charge in [-0.05, 0) is 29.7 Å². The van der Waals surface area contributed by atoms with E-state index in [-0.39, 0.29) is 0 Å². The van der Waals surface area contributed by atoms with Gasteiger partial charge in [-0.2, -0.15) is 0 Å². The zero-order valence-electron chi connectivity index (χ0n) is 11.1. The van der Waals surface area contributed by atoms with E-state index in [1.54, 1.807) is 0 Å². The summed E-state index contributed by atoms with van der Waals surface area (Å²) in [5.41, 5.74) is 9.10. The van der Waals surface area contributed by atoms with Crippen molar-refractivity contribution >= 4 is 43.7 Å². The SMILES string of the molecule is Nc1nc2cc(Br)ccc2n1-c1cccc2ccccc12. The molecule has 4 heteroatoms. The summed E-state index contributed by atoms with van der Waals surface area (Å²) >= 11 is 3.47. The summed E-state index contributed by atoms with van der Waals surface area (Å²) in [6.07, 6.45) is 0. The van der Waals surface area contributed by atoms with Crippen LogP contribution < -0.4 is 5.73 Å². The molecule has 4 aromatic rings. The topological polar surface area (TPSA) is 43.8 Å². The van der Waals surface area contributed by atoms with Crippen LogP contribution >= 0.6 is 15.9 Å². The summed E-state index contributed by atoms with van der Waals surface area (Å²) in [4.78, 5) is 4.47. The third-order valence-corrected chi connectivity index (χ3v) is 4.14. The van der Waals surface area contributed by atoms with E-state index in [4.69, 9.17) is 5.73 Å². The molecule has 0 bridgehead atoms. The standard InChI is InChI=1S/C17H12BrN3/c18-12-8-9-16-14(10-12)20-17(19)21(16)15-7-3-5-11-4-1-2-6-13(11)15/h1-10H,(H2,19,20). The molecule has 1 heterocycles. The molecule has 0 aliphatic carbocycles. The predicted octanol–water partition coefficient (Wildman–Crippen LogP) is 4.52. The second-order valence-electron chi connectivity index (χ2n) is 4.94. The maximum atomic E-state index is 6.16. The van der Waals surface area contributed by atoms with Gasteiger partial charge >= 0.3 is 0 Å². The lowest BCUT2D eigenvalue weighted by Gasteiger charge is -2.10. The molecule has 0 atom stereocenters. The Hall–Kier alpha value is -2.33. The Kier molecular flexibility index (Phi) is 2.72. The summed E-state index contributed by atoms with van der Waals surface area (Å²) in [6.45, 7) is 0. The van der Waals surface area contributed by atoms with Gasteiger partial charge in [0.25, 0.3) is 0 Å². The molecule has 0 spiro atoms. The average Bonchev–Trinajstić information content (AvgIpc) is 2.81. The van der Waals surface area contributed by atoms with Gasteiger partial charge in [0, 0.05) is 9.86 Å². The molecule has 2 N–H and O–H groups in total. The lowest BCUT2D eigenvalue weighted by Crippen LogP contribution is -2.01. The number of rotatable bonds is 1. The molecule has 0 fully saturated rings. The first-order chi connectivity index (χ1) is 10.2. The minimum atomic E-state index is 0.499. The van der Waals surface area contributed by atoms with Crippen LogP contribution in [0.1, 0.15) is 0 Å². The number of nitrogens with zero attached hydrogens (tertiary/aromatic N) is 2. The fraction of sp³-hybridized carbons (Fsp3) is 0. The van der Waals surface area contributed by atoms with Crippen molar-refractivity contribution in [1.82, 2.24) is 9.55 Å². The van der Waals surface area contributed by atoms with E-state index in [0.717, 1.165) is 26.6 Å². The van der Waals surface area contributed by atoms with Crippen molar-refractivity contribution in [3.05, 3.63) is 65.1 Å². The van der Waals surface area contributed by atoms with Crippen molar-refractivity contribution in [2.45, 2.75) is 0 Å². The van der Waals surface area contributed by atoms with E-state index in [1.165, 1.54) is 5.39 Å². The van der Waals surface area contributed by atoms with Crippen molar-refractivity contribution in [3.63, 3.8) is 0 Å². The highest BCUT2D eigenvalue weighted by Gasteiger charge is 2.12. The highest BCUT2D eigenvalue weighted by Crippen LogP contribution is 2.29. The smallest absolute Gasteiger partial charge is 0.205 e. The number of nitrogen functional groups attached to an aromatic ring is 1. The Morgan fingerprint density at radius 3 is 2.67 bits per heavy atom. The monoisotopic (exact) mass is 337 g/mol. The molecule has 0 saturated carbocycles. The van der Waals surface area contributed by atoms with E-state index in [9.17, 15) is 0 Å². The number of imidazole rings is 1. The lowest BCUT2D eigenvalue weighted by molar-refractivity contribution is 1.12. The fourth-order valence-electron chi connectivity index (χ4n) is 2.73. The van der Waals surface area contributed by atoms with Gasteiger partial charge in [-0.1, -0.05) is 52.3 Å². The number of nitrogens with two attached hydrogens (primary N) is 1. The van der Waals surface area contributed by atoms with E-state index in [0.29, 0.717) is 5.95 Å². The molecule has 1 aromatic heterocycles. The number of fused-ring (bicyclic) bond motifs is 2. The first kappa shape index (κ1) is 12.4. The number of hydrogen-bond donors (Lipinski definition) is 1. The van der Waals surface area contributed by atoms with Gasteiger partial charge in [-0.3, -0.25) is 4.57 Å². The molecule has 3 nitrogen and oxygen atoms in total. The third-order valence-electron chi connectivity index (χ3n) is 3.65. The van der Waals surface area contributed by atoms with Crippen molar-refractivity contribution in [2.75, 3.05) is 5.73 Å². The predicted molar refractivity (Wildman–Crippen MR) is 90.7 cm³/mol. The van der Waals surface area contributed by atoms with Gasteiger partial charge < -0.3 is 5.73 Å². The van der Waals surface area contributed by atoms with Crippen molar-refractivity contribution in [3.8, 4) is 5.69 Å². The van der Waals surface area contributed by atoms with E-state index < -0.39 is 0 Å². The molecule has 0 aliphatic rings. The molecule has 0 amide bonds. The summed E-state index contributed by atoms with van der Waals surface area (Å²) < 4.78 is 3.00. The molecule has 4 rings (SSSR count). The zero-order valence-corrected chi connectivity index (χ0v) is 12.7. The zero-order chi connectivity index (χ0) is 14.4. The first-order valence-electron chi connectivity index (χ1n) is 6.66. The van der Waals surface area contributed by atoms with Gasteiger partial charge in [-0.15, -0.1) is 0 Å². The van der Waals surface area contributed by atoms with Crippen LogP contribution in [0.5, 0.6) is 0 Å². The molecule has 0 saturated heterocycles. The van der Waals surface area contributed by atoms with Gasteiger partial charge in [-0.25, -0.2) is 4.98 Å². The van der Waals surface area contributed by atoms with Crippen molar-refractivity contribution in [1.29, 1.82) is 0 Å². The van der Waals surface area contributed by atoms with Crippen LogP contribution in [0.25, 0.3) is 27.5 Å². The van der Waals surface area contributed by atoms with Gasteiger partial charge in [0.1, 0.15) is 0 Å². The second-order valence-corrected chi connectivity index (χ2v) is 5.85. The number of halogens is 1. The molecule has 0 radical (unpaired) electrons. The van der Waals surface area contributed by atoms with E-state index in [1.807, 2.05) is 41.0 Å². The fourth-order valence-corrected chi connectivity index (χ4v) is 3.08. The van der Waals surface area contributed by atoms with Gasteiger partial charge in [0.2, 0.25) is 5.95 Å². The van der Waals surface area contributed by atoms with Gasteiger partial charge in [0.05, 0.1) is 16.7 Å². The molecule has 3 aromatic carbocycles. The normalized spacial score (nSPS) is 11.3. The molecular formula is C17H12BrN3. The van der Waals surface area contributed by atoms with E-state index in [2.05, 4.69) is 45.2 Å². The first-order valence-corrected chi connectivity index (χ1v) is 7.45. The largest absolute Gasteiger partial charge is 0.369 e. The van der Waals surface area contributed by atoms with Crippen LogP contribution in [0.3, 0.4) is 0 Å². The number of benzene rings is 3. The number of hydrogen-bond acceptors (Lipinski definition) is 2. The highest BCUT2D eigenvalue weighted by molar-refractivity contribution is 9.10. The van der Waals surface area contributed by atoms with Crippen molar-refractivity contribution in [2.24, 2.45) is 0 Å². The molecule has 102 valence electrons. The minimum Gasteiger partial charge on any atom is -0.369 e. The quantitative estimate of drug-likeness (QED) is 0.554. The number of anilines is 1. The Morgan fingerprint density at radius 2 is 1.76 bits per heavy atom. The number of aromatic nitrogens is 2. The molecule has 0 unspecified atom stereocenters. The summed E-state index contributed by atoms with van der Waals surface area (Å²) in [5, 5.41) is 2.35. The summed E-state index contributed by atoms with van der Waals surface area (Å²) in [5.74, 6) is 0.499. The minimum absolute atomic E-state index is 0.499.